The van der Waals surface area contributed by atoms with E-state index in [4.69, 9.17) is 5.73 Å². The summed E-state index contributed by atoms with van der Waals surface area (Å²) in [4.78, 5) is 14.2. The highest BCUT2D eigenvalue weighted by molar-refractivity contribution is 5.89. The minimum atomic E-state index is -0.171. The smallest absolute Gasteiger partial charge is 0.319 e. The number of likely N-dealkylation sites (tertiary alicyclic amines) is 1. The number of carbonyl (C=O) groups excluding carboxylic acids is 1. The predicted molar refractivity (Wildman–Crippen MR) is 78.1 cm³/mol. The molecular weight excluding hydrogens is 240 g/mol. The van der Waals surface area contributed by atoms with E-state index < -0.39 is 0 Å². The van der Waals surface area contributed by atoms with Gasteiger partial charge >= 0.3 is 6.03 Å². The van der Waals surface area contributed by atoms with Gasteiger partial charge in [0, 0.05) is 24.0 Å². The molecule has 1 aliphatic heterocycles. The van der Waals surface area contributed by atoms with Crippen LogP contribution >= 0.6 is 0 Å². The molecule has 1 unspecified atom stereocenters. The number of hydrogen-bond acceptors (Lipinski definition) is 3. The summed E-state index contributed by atoms with van der Waals surface area (Å²) in [5.74, 6) is 0. The summed E-state index contributed by atoms with van der Waals surface area (Å²) in [6, 6.07) is 7.33. The molecule has 4 N–H and O–H groups in total. The fraction of sp³-hybridized carbons (Fsp3) is 0.500. The van der Waals surface area contributed by atoms with E-state index in [9.17, 15) is 4.79 Å². The monoisotopic (exact) mass is 262 g/mol. The van der Waals surface area contributed by atoms with Crippen LogP contribution in [0.2, 0.25) is 0 Å². The van der Waals surface area contributed by atoms with Crippen LogP contribution in [0.15, 0.2) is 24.3 Å². The van der Waals surface area contributed by atoms with Crippen LogP contribution in [-0.4, -0.2) is 36.6 Å². The molecule has 5 heteroatoms. The number of anilines is 2. The maximum absolute atomic E-state index is 11.7. The van der Waals surface area contributed by atoms with Gasteiger partial charge < -0.3 is 16.4 Å². The van der Waals surface area contributed by atoms with E-state index in [-0.39, 0.29) is 6.03 Å². The first-order chi connectivity index (χ1) is 9.15. The lowest BCUT2D eigenvalue weighted by Crippen LogP contribution is -2.42. The van der Waals surface area contributed by atoms with Crippen LogP contribution in [0.1, 0.15) is 19.8 Å². The van der Waals surface area contributed by atoms with Crippen LogP contribution in [0.5, 0.6) is 0 Å². The average Bonchev–Trinajstić information content (AvgIpc) is 2.93. The van der Waals surface area contributed by atoms with Crippen molar-refractivity contribution in [2.75, 3.05) is 30.7 Å². The molecule has 104 valence electrons. The van der Waals surface area contributed by atoms with Gasteiger partial charge in [-0.05, 0) is 57.1 Å². The second-order valence-corrected chi connectivity index (χ2v) is 5.05. The molecule has 2 rings (SSSR count). The third-order valence-corrected chi connectivity index (χ3v) is 3.49. The summed E-state index contributed by atoms with van der Waals surface area (Å²) in [5, 5.41) is 5.69. The normalized spacial score (nSPS) is 17.1. The van der Waals surface area contributed by atoms with Gasteiger partial charge in [-0.25, -0.2) is 4.79 Å². The van der Waals surface area contributed by atoms with Gasteiger partial charge in [0.2, 0.25) is 0 Å². The topological polar surface area (TPSA) is 70.4 Å². The van der Waals surface area contributed by atoms with E-state index in [0.29, 0.717) is 18.3 Å². The van der Waals surface area contributed by atoms with Gasteiger partial charge in [0.1, 0.15) is 0 Å². The first-order valence-corrected chi connectivity index (χ1v) is 6.79. The van der Waals surface area contributed by atoms with Crippen LogP contribution in [-0.2, 0) is 0 Å². The zero-order valence-corrected chi connectivity index (χ0v) is 11.4. The van der Waals surface area contributed by atoms with Gasteiger partial charge in [-0.2, -0.15) is 0 Å². The Morgan fingerprint density at radius 1 is 1.32 bits per heavy atom. The molecule has 0 spiro atoms. The van der Waals surface area contributed by atoms with Crippen LogP contribution in [0.3, 0.4) is 0 Å². The molecule has 0 bridgehead atoms. The van der Waals surface area contributed by atoms with E-state index in [1.165, 1.54) is 12.8 Å². The van der Waals surface area contributed by atoms with Gasteiger partial charge in [-0.1, -0.05) is 0 Å². The van der Waals surface area contributed by atoms with E-state index >= 15 is 0 Å². The number of rotatable bonds is 4. The molecule has 1 aromatic rings. The molecule has 1 atom stereocenters. The number of urea groups is 1. The van der Waals surface area contributed by atoms with E-state index in [2.05, 4.69) is 22.5 Å². The Labute approximate surface area is 114 Å². The number of nitrogens with one attached hydrogen (secondary N) is 2. The molecule has 0 aliphatic carbocycles. The Bertz CT molecular complexity index is 412. The fourth-order valence-electron chi connectivity index (χ4n) is 2.29. The molecule has 19 heavy (non-hydrogen) atoms. The number of hydrogen-bond donors (Lipinski definition) is 3. The van der Waals surface area contributed by atoms with Crippen molar-refractivity contribution in [3.05, 3.63) is 24.3 Å². The van der Waals surface area contributed by atoms with Gasteiger partial charge in [0.15, 0.2) is 0 Å². The molecule has 0 radical (unpaired) electrons. The molecule has 1 saturated heterocycles. The largest absolute Gasteiger partial charge is 0.399 e. The first-order valence-electron chi connectivity index (χ1n) is 6.79. The summed E-state index contributed by atoms with van der Waals surface area (Å²) in [6.45, 7) is 5.10. The molecule has 1 heterocycles. The van der Waals surface area contributed by atoms with Crippen molar-refractivity contribution in [3.63, 3.8) is 0 Å². The second kappa shape index (κ2) is 6.43. The maximum Gasteiger partial charge on any atom is 0.319 e. The Kier molecular flexibility index (Phi) is 4.63. The van der Waals surface area contributed by atoms with Gasteiger partial charge in [-0.15, -0.1) is 0 Å². The number of nitrogen functional groups attached to an aromatic ring is 1. The lowest BCUT2D eigenvalue weighted by Gasteiger charge is -2.23. The molecule has 1 aromatic carbocycles. The number of nitrogens with zero attached hydrogens (tertiary/aromatic N) is 1. The third-order valence-electron chi connectivity index (χ3n) is 3.49. The molecule has 1 aliphatic rings. The SMILES string of the molecule is CC(CNC(=O)Nc1ccc(N)cc1)N1CCCC1. The highest BCUT2D eigenvalue weighted by atomic mass is 16.2. The van der Waals surface area contributed by atoms with Gasteiger partial charge in [-0.3, -0.25) is 4.90 Å². The van der Waals surface area contributed by atoms with Crippen molar-refractivity contribution < 1.29 is 4.79 Å². The predicted octanol–water partition coefficient (Wildman–Crippen LogP) is 1.87. The highest BCUT2D eigenvalue weighted by Crippen LogP contribution is 2.11. The Morgan fingerprint density at radius 3 is 2.58 bits per heavy atom. The zero-order chi connectivity index (χ0) is 13.7. The van der Waals surface area contributed by atoms with Crippen molar-refractivity contribution in [2.24, 2.45) is 0 Å². The minimum absolute atomic E-state index is 0.171. The van der Waals surface area contributed by atoms with Crippen LogP contribution < -0.4 is 16.4 Å². The number of amides is 2. The minimum Gasteiger partial charge on any atom is -0.399 e. The zero-order valence-electron chi connectivity index (χ0n) is 11.4. The van der Waals surface area contributed by atoms with Gasteiger partial charge in [0.25, 0.3) is 0 Å². The standard InChI is InChI=1S/C14H22N4O/c1-11(18-8-2-3-9-18)10-16-14(19)17-13-6-4-12(15)5-7-13/h4-7,11H,2-3,8-10,15H2,1H3,(H2,16,17,19). The number of nitrogens with two attached hydrogens (primary N) is 1. The lowest BCUT2D eigenvalue weighted by molar-refractivity contribution is 0.234. The summed E-state index contributed by atoms with van der Waals surface area (Å²) in [6.07, 6.45) is 2.53. The van der Waals surface area contributed by atoms with Gasteiger partial charge in [0.05, 0.1) is 0 Å². The van der Waals surface area contributed by atoms with Crippen LogP contribution in [0.4, 0.5) is 16.2 Å². The fourth-order valence-corrected chi connectivity index (χ4v) is 2.29. The Morgan fingerprint density at radius 2 is 1.95 bits per heavy atom. The van der Waals surface area contributed by atoms with E-state index in [1.54, 1.807) is 24.3 Å². The van der Waals surface area contributed by atoms with Crippen molar-refractivity contribution >= 4 is 17.4 Å². The quantitative estimate of drug-likeness (QED) is 0.726. The second-order valence-electron chi connectivity index (χ2n) is 5.05. The molecule has 0 aromatic heterocycles. The van der Waals surface area contributed by atoms with Crippen LogP contribution in [0.25, 0.3) is 0 Å². The Hall–Kier alpha value is -1.75. The van der Waals surface area contributed by atoms with Crippen molar-refractivity contribution in [1.82, 2.24) is 10.2 Å². The molecule has 5 nitrogen and oxygen atoms in total. The van der Waals surface area contributed by atoms with E-state index in [0.717, 1.165) is 18.8 Å². The van der Waals surface area contributed by atoms with Crippen LogP contribution in [0, 0.1) is 0 Å². The van der Waals surface area contributed by atoms with Crippen molar-refractivity contribution in [1.29, 1.82) is 0 Å². The molecule has 2 amide bonds. The molecular formula is C14H22N4O. The van der Waals surface area contributed by atoms with E-state index in [1.807, 2.05) is 0 Å². The highest BCUT2D eigenvalue weighted by Gasteiger charge is 2.18. The summed E-state index contributed by atoms with van der Waals surface area (Å²) >= 11 is 0. The third kappa shape index (κ3) is 4.13. The molecule has 1 fully saturated rings. The van der Waals surface area contributed by atoms with Crippen molar-refractivity contribution in [2.45, 2.75) is 25.8 Å². The maximum atomic E-state index is 11.7. The first kappa shape index (κ1) is 13.7. The average molecular weight is 262 g/mol. The summed E-state index contributed by atoms with van der Waals surface area (Å²) < 4.78 is 0. The summed E-state index contributed by atoms with van der Waals surface area (Å²) in [7, 11) is 0. The number of benzene rings is 1. The van der Waals surface area contributed by atoms with Crippen molar-refractivity contribution in [3.8, 4) is 0 Å². The Balaban J connectivity index is 1.73. The molecule has 0 saturated carbocycles. The number of carbonyl (C=O) groups is 1. The summed E-state index contributed by atoms with van der Waals surface area (Å²) in [5.41, 5.74) is 7.03. The lowest BCUT2D eigenvalue weighted by atomic mass is 10.3.